The van der Waals surface area contributed by atoms with E-state index in [1.807, 2.05) is 0 Å². The zero-order valence-corrected chi connectivity index (χ0v) is 10.6. The number of halogens is 1. The molecule has 18 heavy (non-hydrogen) atoms. The van der Waals surface area contributed by atoms with E-state index in [2.05, 4.69) is 5.32 Å². The molecular weight excluding hydrogens is 237 g/mol. The van der Waals surface area contributed by atoms with Crippen LogP contribution in [-0.2, 0) is 4.79 Å². The van der Waals surface area contributed by atoms with Gasteiger partial charge in [-0.2, -0.15) is 0 Å². The fraction of sp³-hybridized carbons (Fsp3) is 0.462. The lowest BCUT2D eigenvalue weighted by Crippen LogP contribution is -2.46. The van der Waals surface area contributed by atoms with Gasteiger partial charge < -0.3 is 15.2 Å². The summed E-state index contributed by atoms with van der Waals surface area (Å²) in [6.07, 6.45) is 0.153. The number of carbonyl (C=O) groups is 1. The van der Waals surface area contributed by atoms with Gasteiger partial charge >= 0.3 is 0 Å². The van der Waals surface area contributed by atoms with Crippen LogP contribution < -0.4 is 10.1 Å². The molecule has 0 aliphatic rings. The molecule has 0 spiro atoms. The Hall–Kier alpha value is -1.62. The van der Waals surface area contributed by atoms with E-state index in [4.69, 9.17) is 9.84 Å². The molecule has 4 nitrogen and oxygen atoms in total. The first-order valence-corrected chi connectivity index (χ1v) is 5.73. The summed E-state index contributed by atoms with van der Waals surface area (Å²) in [5.41, 5.74) is -0.643. The van der Waals surface area contributed by atoms with Crippen molar-refractivity contribution in [2.24, 2.45) is 0 Å². The van der Waals surface area contributed by atoms with Crippen molar-refractivity contribution in [2.45, 2.75) is 25.8 Å². The van der Waals surface area contributed by atoms with Crippen LogP contribution in [0.4, 0.5) is 4.39 Å². The molecule has 0 aliphatic carbocycles. The molecule has 1 aromatic rings. The van der Waals surface area contributed by atoms with Crippen molar-refractivity contribution in [1.29, 1.82) is 0 Å². The molecule has 0 heterocycles. The quantitative estimate of drug-likeness (QED) is 0.809. The molecule has 100 valence electrons. The summed E-state index contributed by atoms with van der Waals surface area (Å²) in [6, 6.07) is 5.75. The smallest absolute Gasteiger partial charge is 0.223 e. The van der Waals surface area contributed by atoms with Crippen LogP contribution >= 0.6 is 0 Å². The van der Waals surface area contributed by atoms with Crippen LogP contribution in [0.2, 0.25) is 0 Å². The minimum absolute atomic E-state index is 0.135. The van der Waals surface area contributed by atoms with Crippen LogP contribution in [0.3, 0.4) is 0 Å². The van der Waals surface area contributed by atoms with E-state index in [-0.39, 0.29) is 31.4 Å². The highest BCUT2D eigenvalue weighted by Crippen LogP contribution is 2.12. The van der Waals surface area contributed by atoms with E-state index in [0.29, 0.717) is 5.75 Å². The summed E-state index contributed by atoms with van der Waals surface area (Å²) in [5.74, 6) is -0.201. The molecule has 5 heteroatoms. The van der Waals surface area contributed by atoms with Gasteiger partial charge in [-0.1, -0.05) is 6.07 Å². The average Bonchev–Trinajstić information content (AvgIpc) is 2.28. The van der Waals surface area contributed by atoms with Gasteiger partial charge in [-0.3, -0.25) is 4.79 Å². The van der Waals surface area contributed by atoms with Gasteiger partial charge in [-0.15, -0.1) is 0 Å². The predicted molar refractivity (Wildman–Crippen MR) is 65.8 cm³/mol. The van der Waals surface area contributed by atoms with Crippen molar-refractivity contribution < 1.29 is 19.0 Å². The van der Waals surface area contributed by atoms with Crippen molar-refractivity contribution >= 4 is 5.91 Å². The predicted octanol–water partition coefficient (Wildman–Crippen LogP) is 1.48. The van der Waals surface area contributed by atoms with Crippen molar-refractivity contribution in [3.63, 3.8) is 0 Å². The first-order valence-electron chi connectivity index (χ1n) is 5.73. The Labute approximate surface area is 106 Å². The number of aliphatic hydroxyl groups is 1. The van der Waals surface area contributed by atoms with Gasteiger partial charge in [0.25, 0.3) is 0 Å². The van der Waals surface area contributed by atoms with Gasteiger partial charge in [0.15, 0.2) is 0 Å². The molecule has 1 amide bonds. The number of carbonyl (C=O) groups excluding carboxylic acids is 1. The van der Waals surface area contributed by atoms with Crippen molar-refractivity contribution in [2.75, 3.05) is 13.2 Å². The third-order valence-electron chi connectivity index (χ3n) is 2.27. The molecule has 0 unspecified atom stereocenters. The number of hydrogen-bond donors (Lipinski definition) is 2. The molecule has 0 aliphatic heterocycles. The molecule has 0 atom stereocenters. The maximum atomic E-state index is 12.8. The summed E-state index contributed by atoms with van der Waals surface area (Å²) < 4.78 is 18.1. The summed E-state index contributed by atoms with van der Waals surface area (Å²) in [5, 5.41) is 11.6. The average molecular weight is 255 g/mol. The first kappa shape index (κ1) is 14.4. The second kappa shape index (κ2) is 6.35. The lowest BCUT2D eigenvalue weighted by Gasteiger charge is -2.23. The topological polar surface area (TPSA) is 58.6 Å². The van der Waals surface area contributed by atoms with Crippen LogP contribution in [0.25, 0.3) is 0 Å². The second-order valence-electron chi connectivity index (χ2n) is 4.65. The minimum atomic E-state index is -0.643. The fourth-order valence-electron chi connectivity index (χ4n) is 1.30. The summed E-state index contributed by atoms with van der Waals surface area (Å²) in [7, 11) is 0. The normalized spacial score (nSPS) is 11.1. The highest BCUT2D eigenvalue weighted by molar-refractivity contribution is 5.76. The van der Waals surface area contributed by atoms with Crippen LogP contribution in [0, 0.1) is 5.82 Å². The highest BCUT2D eigenvalue weighted by Gasteiger charge is 2.18. The maximum absolute atomic E-state index is 12.8. The number of rotatable bonds is 6. The van der Waals surface area contributed by atoms with E-state index in [0.717, 1.165) is 0 Å². The summed E-state index contributed by atoms with van der Waals surface area (Å²) in [6.45, 7) is 3.47. The number of aliphatic hydroxyl groups excluding tert-OH is 1. The minimum Gasteiger partial charge on any atom is -0.493 e. The van der Waals surface area contributed by atoms with E-state index < -0.39 is 5.54 Å². The zero-order valence-electron chi connectivity index (χ0n) is 10.6. The Balaban J connectivity index is 2.32. The highest BCUT2D eigenvalue weighted by atomic mass is 19.1. The number of benzene rings is 1. The van der Waals surface area contributed by atoms with Crippen LogP contribution in [0.15, 0.2) is 24.3 Å². The summed E-state index contributed by atoms with van der Waals surface area (Å²) >= 11 is 0. The van der Waals surface area contributed by atoms with Crippen molar-refractivity contribution in [3.8, 4) is 5.75 Å². The summed E-state index contributed by atoms with van der Waals surface area (Å²) in [4.78, 5) is 11.5. The van der Waals surface area contributed by atoms with Gasteiger partial charge in [0.1, 0.15) is 11.6 Å². The molecule has 0 saturated carbocycles. The Bertz CT molecular complexity index is 407. The fourth-order valence-corrected chi connectivity index (χ4v) is 1.30. The number of ether oxygens (including phenoxy) is 1. The largest absolute Gasteiger partial charge is 0.493 e. The van der Waals surface area contributed by atoms with Gasteiger partial charge in [0.05, 0.1) is 25.2 Å². The van der Waals surface area contributed by atoms with Gasteiger partial charge in [-0.25, -0.2) is 4.39 Å². The number of nitrogens with one attached hydrogen (secondary N) is 1. The second-order valence-corrected chi connectivity index (χ2v) is 4.65. The monoisotopic (exact) mass is 255 g/mol. The van der Waals surface area contributed by atoms with E-state index in [1.54, 1.807) is 26.0 Å². The Morgan fingerprint density at radius 1 is 1.50 bits per heavy atom. The lowest BCUT2D eigenvalue weighted by atomic mass is 10.1. The number of amides is 1. The molecule has 0 radical (unpaired) electrons. The van der Waals surface area contributed by atoms with Gasteiger partial charge in [-0.05, 0) is 26.0 Å². The van der Waals surface area contributed by atoms with Gasteiger partial charge in [0.2, 0.25) is 5.91 Å². The molecule has 2 N–H and O–H groups in total. The molecule has 0 fully saturated rings. The third-order valence-corrected chi connectivity index (χ3v) is 2.27. The molecule has 1 aromatic carbocycles. The molecule has 0 aromatic heterocycles. The van der Waals surface area contributed by atoms with Crippen molar-refractivity contribution in [1.82, 2.24) is 5.32 Å². The lowest BCUT2D eigenvalue weighted by molar-refractivity contribution is -0.123. The van der Waals surface area contributed by atoms with Crippen LogP contribution in [0.5, 0.6) is 5.75 Å². The Kier molecular flexibility index (Phi) is 5.09. The standard InChI is InChI=1S/C13H18FNO3/c1-13(2,9-16)15-12(17)6-7-18-11-5-3-4-10(14)8-11/h3-5,8,16H,6-7,9H2,1-2H3,(H,15,17). The van der Waals surface area contributed by atoms with E-state index in [9.17, 15) is 9.18 Å². The molecule has 0 saturated heterocycles. The van der Waals surface area contributed by atoms with E-state index in [1.165, 1.54) is 12.1 Å². The van der Waals surface area contributed by atoms with Crippen LogP contribution in [0.1, 0.15) is 20.3 Å². The van der Waals surface area contributed by atoms with Crippen molar-refractivity contribution in [3.05, 3.63) is 30.1 Å². The molecule has 0 bridgehead atoms. The molecule has 1 rings (SSSR count). The SMILES string of the molecule is CC(C)(CO)NC(=O)CCOc1cccc(F)c1. The third kappa shape index (κ3) is 5.14. The zero-order chi connectivity index (χ0) is 13.6. The molecular formula is C13H18FNO3. The first-order chi connectivity index (χ1) is 8.43. The Morgan fingerprint density at radius 3 is 2.83 bits per heavy atom. The Morgan fingerprint density at radius 2 is 2.22 bits per heavy atom. The van der Waals surface area contributed by atoms with E-state index >= 15 is 0 Å². The maximum Gasteiger partial charge on any atom is 0.223 e. The van der Waals surface area contributed by atoms with Gasteiger partial charge in [0, 0.05) is 6.07 Å². The van der Waals surface area contributed by atoms with Crippen LogP contribution in [-0.4, -0.2) is 29.8 Å². The number of hydrogen-bond acceptors (Lipinski definition) is 3.